The van der Waals surface area contributed by atoms with Crippen molar-refractivity contribution < 1.29 is 33.7 Å². The van der Waals surface area contributed by atoms with Gasteiger partial charge in [0.15, 0.2) is 0 Å². The first kappa shape index (κ1) is 32.7. The van der Waals surface area contributed by atoms with Gasteiger partial charge in [-0.1, -0.05) is 36.4 Å². The number of nitrogens with zero attached hydrogens (tertiary/aromatic N) is 2. The molecule has 0 spiro atoms. The van der Waals surface area contributed by atoms with Crippen LogP contribution in [0.3, 0.4) is 0 Å². The molecule has 2 heterocycles. The van der Waals surface area contributed by atoms with Crippen molar-refractivity contribution in [2.75, 3.05) is 5.32 Å². The number of hydrogen-bond donors (Lipinski definition) is 3. The lowest BCUT2D eigenvalue weighted by Crippen LogP contribution is -2.39. The lowest BCUT2D eigenvalue weighted by molar-refractivity contribution is -0.115. The molecule has 2 aromatic heterocycles. The first-order valence-corrected chi connectivity index (χ1v) is 15.9. The van der Waals surface area contributed by atoms with E-state index in [1.807, 2.05) is 42.5 Å². The molecule has 6 rings (SSSR count). The zero-order chi connectivity index (χ0) is 34.0. The molecule has 11 heteroatoms. The molecule has 0 aliphatic heterocycles. The molecule has 0 radical (unpaired) electrons. The van der Waals surface area contributed by atoms with E-state index in [2.05, 4.69) is 20.6 Å². The van der Waals surface area contributed by atoms with Crippen molar-refractivity contribution >= 4 is 23.5 Å². The second-order valence-corrected chi connectivity index (χ2v) is 11.5. The SMILES string of the molecule is O=C(Cc1ccc(Oc2ccc(OC3CCC(NC(=O)c4cccnc4Oc4ccccc4)CC3)cc2)nc1)Nc1ccccc1C(=O)O. The summed E-state index contributed by atoms with van der Waals surface area (Å²) in [4.78, 5) is 45.5. The number of amides is 2. The van der Waals surface area contributed by atoms with Gasteiger partial charge in [0.25, 0.3) is 5.91 Å². The smallest absolute Gasteiger partial charge is 0.337 e. The second kappa shape index (κ2) is 15.6. The lowest BCUT2D eigenvalue weighted by Gasteiger charge is -2.29. The highest BCUT2D eigenvalue weighted by Gasteiger charge is 2.25. The van der Waals surface area contributed by atoms with Gasteiger partial charge in [0, 0.05) is 24.5 Å². The van der Waals surface area contributed by atoms with Gasteiger partial charge in [0.05, 0.1) is 23.8 Å². The average Bonchev–Trinajstić information content (AvgIpc) is 3.11. The summed E-state index contributed by atoms with van der Waals surface area (Å²) in [7, 11) is 0. The first-order valence-electron chi connectivity index (χ1n) is 15.9. The summed E-state index contributed by atoms with van der Waals surface area (Å²) in [6.45, 7) is 0. The summed E-state index contributed by atoms with van der Waals surface area (Å²) in [6, 6.07) is 29.6. The van der Waals surface area contributed by atoms with Gasteiger partial charge in [-0.15, -0.1) is 0 Å². The maximum absolute atomic E-state index is 13.1. The fourth-order valence-electron chi connectivity index (χ4n) is 5.47. The molecule has 1 fully saturated rings. The van der Waals surface area contributed by atoms with Crippen molar-refractivity contribution in [1.29, 1.82) is 0 Å². The Morgan fingerprint density at radius 1 is 0.714 bits per heavy atom. The summed E-state index contributed by atoms with van der Waals surface area (Å²) < 4.78 is 17.9. The van der Waals surface area contributed by atoms with E-state index in [1.165, 1.54) is 6.07 Å². The van der Waals surface area contributed by atoms with E-state index in [0.29, 0.717) is 28.5 Å². The van der Waals surface area contributed by atoms with E-state index in [-0.39, 0.29) is 47.5 Å². The van der Waals surface area contributed by atoms with Crippen LogP contribution in [0.25, 0.3) is 0 Å². The third-order valence-electron chi connectivity index (χ3n) is 7.93. The van der Waals surface area contributed by atoms with Gasteiger partial charge in [0.2, 0.25) is 17.7 Å². The van der Waals surface area contributed by atoms with Gasteiger partial charge >= 0.3 is 5.97 Å². The first-order chi connectivity index (χ1) is 23.9. The molecule has 5 aromatic rings. The molecule has 49 heavy (non-hydrogen) atoms. The number of aromatic carboxylic acids is 1. The second-order valence-electron chi connectivity index (χ2n) is 11.5. The van der Waals surface area contributed by atoms with Crippen molar-refractivity contribution in [1.82, 2.24) is 15.3 Å². The van der Waals surface area contributed by atoms with Crippen molar-refractivity contribution in [3.63, 3.8) is 0 Å². The van der Waals surface area contributed by atoms with Crippen LogP contribution in [0, 0.1) is 0 Å². The molecule has 3 aromatic carbocycles. The number of carbonyl (C=O) groups is 3. The molecule has 0 bridgehead atoms. The number of benzene rings is 3. The zero-order valence-corrected chi connectivity index (χ0v) is 26.5. The van der Waals surface area contributed by atoms with Gasteiger partial charge in [0.1, 0.15) is 22.8 Å². The Morgan fingerprint density at radius 3 is 2.14 bits per heavy atom. The molecular formula is C38H34N4O7. The largest absolute Gasteiger partial charge is 0.490 e. The number of hydrogen-bond acceptors (Lipinski definition) is 8. The molecule has 1 aliphatic rings. The standard InChI is InChI=1S/C38H34N4O7/c43-34(42-33-11-5-4-9-31(33)38(45)46)23-25-12-21-35(40-24-25)48-30-19-17-29(18-20-30)47-28-15-13-26(14-16-28)41-36(44)32-10-6-22-39-37(32)49-27-7-2-1-3-8-27/h1-12,17-22,24,26,28H,13-16,23H2,(H,41,44)(H,42,43)(H,45,46). The monoisotopic (exact) mass is 658 g/mol. The fraction of sp³-hybridized carbons (Fsp3) is 0.184. The molecule has 1 aliphatic carbocycles. The minimum absolute atomic E-state index is 0.0221. The molecule has 248 valence electrons. The molecular weight excluding hydrogens is 624 g/mol. The number of pyridine rings is 2. The highest BCUT2D eigenvalue weighted by molar-refractivity contribution is 6.01. The average molecular weight is 659 g/mol. The van der Waals surface area contributed by atoms with Crippen LogP contribution in [0.15, 0.2) is 116 Å². The summed E-state index contributed by atoms with van der Waals surface area (Å²) in [5, 5.41) is 15.1. The van der Waals surface area contributed by atoms with E-state index >= 15 is 0 Å². The summed E-state index contributed by atoms with van der Waals surface area (Å²) >= 11 is 0. The fourth-order valence-corrected chi connectivity index (χ4v) is 5.47. The number of ether oxygens (including phenoxy) is 3. The van der Waals surface area contributed by atoms with Crippen LogP contribution in [0.5, 0.6) is 29.0 Å². The molecule has 11 nitrogen and oxygen atoms in total. The van der Waals surface area contributed by atoms with Crippen LogP contribution >= 0.6 is 0 Å². The maximum atomic E-state index is 13.1. The van der Waals surface area contributed by atoms with Crippen molar-refractivity contribution in [3.05, 3.63) is 132 Å². The van der Waals surface area contributed by atoms with E-state index < -0.39 is 5.97 Å². The number of carboxylic acid groups (broad SMARTS) is 1. The van der Waals surface area contributed by atoms with Crippen molar-refractivity contribution in [3.8, 4) is 29.0 Å². The third kappa shape index (κ3) is 8.98. The number of aromatic nitrogens is 2. The number of anilines is 1. The van der Waals surface area contributed by atoms with Crippen molar-refractivity contribution in [2.45, 2.75) is 44.2 Å². The Bertz CT molecular complexity index is 1890. The van der Waals surface area contributed by atoms with Crippen LogP contribution in [0.4, 0.5) is 5.69 Å². The molecule has 3 N–H and O–H groups in total. The van der Waals surface area contributed by atoms with Crippen molar-refractivity contribution in [2.24, 2.45) is 0 Å². The number of rotatable bonds is 12. The predicted octanol–water partition coefficient (Wildman–Crippen LogP) is 7.06. The minimum atomic E-state index is -1.12. The summed E-state index contributed by atoms with van der Waals surface area (Å²) in [5.74, 6) is 0.853. The third-order valence-corrected chi connectivity index (χ3v) is 7.93. The Kier molecular flexibility index (Phi) is 10.4. The Labute approximate surface area is 282 Å². The van der Waals surface area contributed by atoms with E-state index in [1.54, 1.807) is 67.0 Å². The van der Waals surface area contributed by atoms with Crippen LogP contribution in [-0.4, -0.2) is 45.0 Å². The number of para-hydroxylation sites is 2. The molecule has 1 saturated carbocycles. The van der Waals surface area contributed by atoms with Crippen LogP contribution in [0.1, 0.15) is 52.0 Å². The van der Waals surface area contributed by atoms with Crippen LogP contribution < -0.4 is 24.8 Å². The van der Waals surface area contributed by atoms with Crippen LogP contribution in [-0.2, 0) is 11.2 Å². The Hall–Kier alpha value is -6.23. The molecule has 0 saturated heterocycles. The highest BCUT2D eigenvalue weighted by Crippen LogP contribution is 2.28. The quantitative estimate of drug-likeness (QED) is 0.128. The zero-order valence-electron chi connectivity index (χ0n) is 26.5. The number of carboxylic acids is 1. The Morgan fingerprint density at radius 2 is 1.41 bits per heavy atom. The van der Waals surface area contributed by atoms with Gasteiger partial charge in [-0.2, -0.15) is 0 Å². The highest BCUT2D eigenvalue weighted by atomic mass is 16.5. The van der Waals surface area contributed by atoms with Gasteiger partial charge in [-0.3, -0.25) is 9.59 Å². The van der Waals surface area contributed by atoms with E-state index in [4.69, 9.17) is 14.2 Å². The lowest BCUT2D eigenvalue weighted by atomic mass is 9.92. The predicted molar refractivity (Wildman–Crippen MR) is 181 cm³/mol. The summed E-state index contributed by atoms with van der Waals surface area (Å²) in [5.41, 5.74) is 1.30. The maximum Gasteiger partial charge on any atom is 0.337 e. The molecule has 0 unspecified atom stereocenters. The topological polar surface area (TPSA) is 149 Å². The minimum Gasteiger partial charge on any atom is -0.490 e. The van der Waals surface area contributed by atoms with Gasteiger partial charge in [-0.25, -0.2) is 14.8 Å². The molecule has 2 amide bonds. The van der Waals surface area contributed by atoms with E-state index in [0.717, 1.165) is 31.4 Å². The number of nitrogens with one attached hydrogen (secondary N) is 2. The van der Waals surface area contributed by atoms with E-state index in [9.17, 15) is 19.5 Å². The molecule has 0 atom stereocenters. The van der Waals surface area contributed by atoms with Crippen LogP contribution in [0.2, 0.25) is 0 Å². The van der Waals surface area contributed by atoms with Gasteiger partial charge in [-0.05, 0) is 91.9 Å². The normalized spacial score (nSPS) is 15.4. The summed E-state index contributed by atoms with van der Waals surface area (Å²) in [6.07, 6.45) is 6.36. The number of carbonyl (C=O) groups excluding carboxylic acids is 2. The Balaban J connectivity index is 0.942. The van der Waals surface area contributed by atoms with Gasteiger partial charge < -0.3 is 30.0 Å².